The van der Waals surface area contributed by atoms with Crippen molar-refractivity contribution in [2.45, 2.75) is 32.6 Å². The minimum absolute atomic E-state index is 0.213. The summed E-state index contributed by atoms with van der Waals surface area (Å²) in [4.78, 5) is 13.9. The Hall–Kier alpha value is -0.280. The Labute approximate surface area is 108 Å². The third-order valence-corrected chi connectivity index (χ3v) is 4.54. The summed E-state index contributed by atoms with van der Waals surface area (Å²) in [6.07, 6.45) is 4.30. The van der Waals surface area contributed by atoms with Gasteiger partial charge < -0.3 is 9.64 Å². The highest BCUT2D eigenvalue weighted by Gasteiger charge is 2.51. The van der Waals surface area contributed by atoms with E-state index in [9.17, 15) is 4.79 Å². The third kappa shape index (κ3) is 2.60. The second kappa shape index (κ2) is 5.57. The van der Waals surface area contributed by atoms with E-state index in [0.29, 0.717) is 23.6 Å². The van der Waals surface area contributed by atoms with Crippen molar-refractivity contribution in [3.05, 3.63) is 0 Å². The van der Waals surface area contributed by atoms with Crippen LogP contribution < -0.4 is 0 Å². The highest BCUT2D eigenvalue weighted by atomic mass is 35.5. The maximum absolute atomic E-state index is 11.9. The fraction of sp³-hybridized carbons (Fsp3) is 0.923. The number of hydrogen-bond acceptors (Lipinski definition) is 2. The Balaban J connectivity index is 1.94. The Kier molecular flexibility index (Phi) is 4.31. The van der Waals surface area contributed by atoms with Crippen molar-refractivity contribution in [3.63, 3.8) is 0 Å². The Morgan fingerprint density at radius 2 is 2.29 bits per heavy atom. The number of alkyl halides is 1. The lowest BCUT2D eigenvalue weighted by Crippen LogP contribution is -2.39. The first kappa shape index (κ1) is 13.2. The summed E-state index contributed by atoms with van der Waals surface area (Å²) in [5, 5.41) is 0. The van der Waals surface area contributed by atoms with Crippen LogP contribution in [-0.4, -0.2) is 43.0 Å². The molecule has 0 radical (unpaired) electrons. The molecule has 1 aliphatic carbocycles. The molecule has 2 rings (SSSR count). The van der Waals surface area contributed by atoms with Crippen LogP contribution in [0.2, 0.25) is 0 Å². The standard InChI is InChI=1S/C13H22ClNO2/c1-2-17-9-11-8-15(12(16)4-7-14)10-13(11)5-3-6-13/h11H,2-10H2,1H3/t11-/m0/s1. The molecule has 2 fully saturated rings. The first-order chi connectivity index (χ1) is 8.22. The molecule has 4 heteroatoms. The highest BCUT2D eigenvalue weighted by Crippen LogP contribution is 2.51. The third-order valence-electron chi connectivity index (χ3n) is 4.35. The first-order valence-electron chi connectivity index (χ1n) is 6.63. The van der Waals surface area contributed by atoms with Gasteiger partial charge in [-0.3, -0.25) is 4.79 Å². The lowest BCUT2D eigenvalue weighted by Gasteiger charge is -2.42. The predicted molar refractivity (Wildman–Crippen MR) is 68.2 cm³/mol. The average molecular weight is 260 g/mol. The zero-order valence-electron chi connectivity index (χ0n) is 10.6. The molecule has 98 valence electrons. The summed E-state index contributed by atoms with van der Waals surface area (Å²) >= 11 is 5.64. The van der Waals surface area contributed by atoms with Crippen LogP contribution in [0.4, 0.5) is 0 Å². The molecule has 0 aromatic heterocycles. The summed E-state index contributed by atoms with van der Waals surface area (Å²) in [6.45, 7) is 5.40. The molecule has 1 saturated carbocycles. The van der Waals surface area contributed by atoms with E-state index in [2.05, 4.69) is 0 Å². The number of likely N-dealkylation sites (tertiary alicyclic amines) is 1. The molecule has 0 bridgehead atoms. The number of carbonyl (C=O) groups is 1. The van der Waals surface area contributed by atoms with Gasteiger partial charge in [0.2, 0.25) is 5.91 Å². The van der Waals surface area contributed by atoms with Crippen molar-refractivity contribution in [1.82, 2.24) is 4.90 Å². The van der Waals surface area contributed by atoms with Crippen LogP contribution in [0.15, 0.2) is 0 Å². The molecule has 0 aromatic carbocycles. The summed E-state index contributed by atoms with van der Waals surface area (Å²) in [5.74, 6) is 1.18. The molecule has 1 atom stereocenters. The van der Waals surface area contributed by atoms with Gasteiger partial charge in [0.1, 0.15) is 0 Å². The molecule has 1 aliphatic heterocycles. The van der Waals surface area contributed by atoms with E-state index in [4.69, 9.17) is 16.3 Å². The highest BCUT2D eigenvalue weighted by molar-refractivity contribution is 6.18. The van der Waals surface area contributed by atoms with E-state index >= 15 is 0 Å². The zero-order chi connectivity index (χ0) is 12.3. The van der Waals surface area contributed by atoms with E-state index in [1.54, 1.807) is 0 Å². The normalized spacial score (nSPS) is 26.2. The lowest BCUT2D eigenvalue weighted by atomic mass is 9.63. The summed E-state index contributed by atoms with van der Waals surface area (Å²) in [5.41, 5.74) is 0.372. The molecular formula is C13H22ClNO2. The van der Waals surface area contributed by atoms with Gasteiger partial charge in [-0.25, -0.2) is 0 Å². The van der Waals surface area contributed by atoms with Crippen molar-refractivity contribution in [3.8, 4) is 0 Å². The van der Waals surface area contributed by atoms with E-state index in [0.717, 1.165) is 26.3 Å². The van der Waals surface area contributed by atoms with Crippen molar-refractivity contribution < 1.29 is 9.53 Å². The number of halogens is 1. The van der Waals surface area contributed by atoms with Gasteiger partial charge in [0.15, 0.2) is 0 Å². The van der Waals surface area contributed by atoms with Crippen molar-refractivity contribution in [2.75, 3.05) is 32.2 Å². The van der Waals surface area contributed by atoms with E-state index in [1.807, 2.05) is 11.8 Å². The van der Waals surface area contributed by atoms with Crippen LogP contribution in [0, 0.1) is 11.3 Å². The van der Waals surface area contributed by atoms with Crippen LogP contribution in [0.1, 0.15) is 32.6 Å². The van der Waals surface area contributed by atoms with E-state index < -0.39 is 0 Å². The smallest absolute Gasteiger partial charge is 0.223 e. The van der Waals surface area contributed by atoms with Gasteiger partial charge in [0.05, 0.1) is 6.61 Å². The molecule has 1 amide bonds. The molecule has 1 spiro atoms. The molecule has 0 aromatic rings. The van der Waals surface area contributed by atoms with Gasteiger partial charge in [0, 0.05) is 37.9 Å². The number of hydrogen-bond donors (Lipinski definition) is 0. The molecule has 3 nitrogen and oxygen atoms in total. The number of amides is 1. The Morgan fingerprint density at radius 1 is 1.53 bits per heavy atom. The van der Waals surface area contributed by atoms with E-state index in [-0.39, 0.29) is 5.91 Å². The Bertz CT molecular complexity index is 279. The predicted octanol–water partition coefficient (Wildman–Crippen LogP) is 2.28. The van der Waals surface area contributed by atoms with Crippen LogP contribution >= 0.6 is 11.6 Å². The second-order valence-corrected chi connectivity index (χ2v) is 5.66. The molecule has 1 heterocycles. The van der Waals surface area contributed by atoms with E-state index in [1.165, 1.54) is 19.3 Å². The molecule has 17 heavy (non-hydrogen) atoms. The van der Waals surface area contributed by atoms with Crippen LogP contribution in [0.3, 0.4) is 0 Å². The summed E-state index contributed by atoms with van der Waals surface area (Å²) in [7, 11) is 0. The van der Waals surface area contributed by atoms with Crippen molar-refractivity contribution in [2.24, 2.45) is 11.3 Å². The van der Waals surface area contributed by atoms with Crippen LogP contribution in [0.25, 0.3) is 0 Å². The first-order valence-corrected chi connectivity index (χ1v) is 7.17. The molecule has 0 N–H and O–H groups in total. The molecule has 2 aliphatic rings. The van der Waals surface area contributed by atoms with Crippen molar-refractivity contribution in [1.29, 1.82) is 0 Å². The fourth-order valence-electron chi connectivity index (χ4n) is 3.15. The quantitative estimate of drug-likeness (QED) is 0.709. The number of ether oxygens (including phenoxy) is 1. The fourth-order valence-corrected chi connectivity index (χ4v) is 3.31. The SMILES string of the molecule is CCOC[C@@H]1CN(C(=O)CCCl)CC12CCC2. The number of carbonyl (C=O) groups excluding carboxylic acids is 1. The molecular weight excluding hydrogens is 238 g/mol. The minimum Gasteiger partial charge on any atom is -0.381 e. The number of nitrogens with zero attached hydrogens (tertiary/aromatic N) is 1. The van der Waals surface area contributed by atoms with Gasteiger partial charge in [-0.2, -0.15) is 0 Å². The van der Waals surface area contributed by atoms with Gasteiger partial charge in [-0.15, -0.1) is 11.6 Å². The van der Waals surface area contributed by atoms with Gasteiger partial charge in [-0.05, 0) is 25.2 Å². The monoisotopic (exact) mass is 259 g/mol. The second-order valence-electron chi connectivity index (χ2n) is 5.29. The zero-order valence-corrected chi connectivity index (χ0v) is 11.3. The van der Waals surface area contributed by atoms with Gasteiger partial charge >= 0.3 is 0 Å². The lowest BCUT2D eigenvalue weighted by molar-refractivity contribution is -0.130. The minimum atomic E-state index is 0.213. The number of rotatable bonds is 5. The van der Waals surface area contributed by atoms with Gasteiger partial charge in [0.25, 0.3) is 0 Å². The Morgan fingerprint density at radius 3 is 2.82 bits per heavy atom. The molecule has 0 unspecified atom stereocenters. The average Bonchev–Trinajstić information content (AvgIpc) is 2.66. The van der Waals surface area contributed by atoms with Crippen LogP contribution in [-0.2, 0) is 9.53 Å². The summed E-state index contributed by atoms with van der Waals surface area (Å²) < 4.78 is 5.57. The summed E-state index contributed by atoms with van der Waals surface area (Å²) in [6, 6.07) is 0. The maximum atomic E-state index is 11.9. The maximum Gasteiger partial charge on any atom is 0.223 e. The van der Waals surface area contributed by atoms with Crippen molar-refractivity contribution >= 4 is 17.5 Å². The van der Waals surface area contributed by atoms with Gasteiger partial charge in [-0.1, -0.05) is 6.42 Å². The largest absolute Gasteiger partial charge is 0.381 e. The van der Waals surface area contributed by atoms with Crippen LogP contribution in [0.5, 0.6) is 0 Å². The molecule has 1 saturated heterocycles. The topological polar surface area (TPSA) is 29.5 Å².